The molecule has 0 unspecified atom stereocenters. The molecule has 0 saturated heterocycles. The number of furan rings is 1. The number of halogens is 1. The van der Waals surface area contributed by atoms with Gasteiger partial charge in [-0.25, -0.2) is 4.79 Å². The van der Waals surface area contributed by atoms with Gasteiger partial charge in [-0.1, -0.05) is 27.7 Å². The van der Waals surface area contributed by atoms with Crippen LogP contribution < -0.4 is 4.74 Å². The lowest BCUT2D eigenvalue weighted by atomic mass is 10.1. The molecule has 0 bridgehead atoms. The maximum Gasteiger partial charge on any atom is 0.374 e. The zero-order valence-electron chi connectivity index (χ0n) is 16.2. The molecule has 8 nitrogen and oxygen atoms in total. The monoisotopic (exact) mass is 488 g/mol. The number of aromatic nitrogens is 4. The lowest BCUT2D eigenvalue weighted by Gasteiger charge is -2.06. The number of hydrogen-bond donors (Lipinski definition) is 0. The summed E-state index contributed by atoms with van der Waals surface area (Å²) in [5.41, 5.74) is 2.15. The fraction of sp³-hybridized carbons (Fsp3) is 0.200. The minimum Gasteiger partial charge on any atom is -0.497 e. The topological polar surface area (TPSA) is 92.3 Å². The highest BCUT2D eigenvalue weighted by Crippen LogP contribution is 2.34. The molecular weight excluding hydrogens is 472 g/mol. The second-order valence-electron chi connectivity index (χ2n) is 6.13. The van der Waals surface area contributed by atoms with E-state index in [1.165, 1.54) is 11.8 Å². The van der Waals surface area contributed by atoms with Gasteiger partial charge in [0.05, 0.1) is 19.4 Å². The molecule has 0 aliphatic rings. The molecule has 2 heterocycles. The molecular formula is C20H17BrN4O4S. The van der Waals surface area contributed by atoms with E-state index in [9.17, 15) is 4.79 Å². The van der Waals surface area contributed by atoms with E-state index in [1.807, 2.05) is 42.5 Å². The maximum absolute atomic E-state index is 12.4. The molecule has 4 rings (SSSR count). The Labute approximate surface area is 184 Å². The van der Waals surface area contributed by atoms with Gasteiger partial charge in [-0.15, -0.1) is 5.10 Å². The van der Waals surface area contributed by atoms with Crippen LogP contribution in [0.15, 0.2) is 56.5 Å². The third kappa shape index (κ3) is 4.05. The summed E-state index contributed by atoms with van der Waals surface area (Å²) in [7, 11) is 1.61. The predicted molar refractivity (Wildman–Crippen MR) is 115 cm³/mol. The van der Waals surface area contributed by atoms with Gasteiger partial charge < -0.3 is 13.9 Å². The summed E-state index contributed by atoms with van der Waals surface area (Å²) in [5, 5.41) is 13.4. The Balaban J connectivity index is 1.65. The van der Waals surface area contributed by atoms with Gasteiger partial charge in [0.25, 0.3) is 0 Å². The Kier molecular flexibility index (Phi) is 6.05. The fourth-order valence-electron chi connectivity index (χ4n) is 2.92. The highest BCUT2D eigenvalue weighted by Gasteiger charge is 2.23. The Hall–Kier alpha value is -2.85. The first-order valence-corrected chi connectivity index (χ1v) is 10.8. The van der Waals surface area contributed by atoms with Crippen molar-refractivity contribution >= 4 is 44.6 Å². The van der Waals surface area contributed by atoms with Gasteiger partial charge in [0.15, 0.2) is 0 Å². The summed E-state index contributed by atoms with van der Waals surface area (Å²) in [6.45, 7) is 2.02. The molecule has 0 fully saturated rings. The summed E-state index contributed by atoms with van der Waals surface area (Å²) in [6.07, 6.45) is 0. The van der Waals surface area contributed by atoms with Gasteiger partial charge in [-0.05, 0) is 59.8 Å². The minimum absolute atomic E-state index is 0.195. The summed E-state index contributed by atoms with van der Waals surface area (Å²) >= 11 is 4.88. The standard InChI is InChI=1S/C20H17BrN4O4S/c1-3-28-19(26)18-16(15-10-12(21)4-9-17(15)29-18)11-30-20-22-23-24-25(20)13-5-7-14(27-2)8-6-13/h4-10H,3,11H2,1-2H3. The fourth-order valence-corrected chi connectivity index (χ4v) is 4.20. The summed E-state index contributed by atoms with van der Waals surface area (Å²) in [5.74, 6) is 0.875. The van der Waals surface area contributed by atoms with Gasteiger partial charge in [0.1, 0.15) is 11.3 Å². The van der Waals surface area contributed by atoms with Crippen molar-refractivity contribution in [2.45, 2.75) is 17.8 Å². The number of carbonyl (C=O) groups is 1. The Morgan fingerprint density at radius 2 is 2.03 bits per heavy atom. The number of tetrazole rings is 1. The quantitative estimate of drug-likeness (QED) is 0.274. The molecule has 4 aromatic rings. The van der Waals surface area contributed by atoms with Crippen LogP contribution in [0, 0.1) is 0 Å². The Bertz CT molecular complexity index is 1190. The van der Waals surface area contributed by atoms with Gasteiger partial charge >= 0.3 is 5.97 Å². The Morgan fingerprint density at radius 1 is 1.23 bits per heavy atom. The number of carbonyl (C=O) groups excluding carboxylic acids is 1. The summed E-state index contributed by atoms with van der Waals surface area (Å²) in [6, 6.07) is 13.0. The van der Waals surface area contributed by atoms with Gasteiger partial charge in [0.2, 0.25) is 10.9 Å². The zero-order chi connectivity index (χ0) is 21.1. The van der Waals surface area contributed by atoms with Crippen LogP contribution in [0.1, 0.15) is 23.0 Å². The third-order valence-corrected chi connectivity index (χ3v) is 5.76. The van der Waals surface area contributed by atoms with Crippen molar-refractivity contribution in [1.29, 1.82) is 0 Å². The SMILES string of the molecule is CCOC(=O)c1oc2ccc(Br)cc2c1CSc1nnnn1-c1ccc(OC)cc1. The molecule has 30 heavy (non-hydrogen) atoms. The van der Waals surface area contributed by atoms with Crippen LogP contribution in [0.5, 0.6) is 5.75 Å². The van der Waals surface area contributed by atoms with Crippen LogP contribution >= 0.6 is 27.7 Å². The first-order chi connectivity index (χ1) is 14.6. The van der Waals surface area contributed by atoms with Crippen LogP contribution in [0.4, 0.5) is 0 Å². The van der Waals surface area contributed by atoms with Gasteiger partial charge in [-0.2, -0.15) is 4.68 Å². The zero-order valence-corrected chi connectivity index (χ0v) is 18.6. The van der Waals surface area contributed by atoms with Gasteiger partial charge in [-0.3, -0.25) is 0 Å². The van der Waals surface area contributed by atoms with E-state index in [2.05, 4.69) is 31.5 Å². The van der Waals surface area contributed by atoms with E-state index in [0.29, 0.717) is 16.5 Å². The van der Waals surface area contributed by atoms with Crippen molar-refractivity contribution in [3.05, 3.63) is 58.3 Å². The van der Waals surface area contributed by atoms with Crippen LogP contribution in [0.2, 0.25) is 0 Å². The number of esters is 1. The van der Waals surface area contributed by atoms with Crippen molar-refractivity contribution in [3.63, 3.8) is 0 Å². The smallest absolute Gasteiger partial charge is 0.374 e. The van der Waals surface area contributed by atoms with Crippen molar-refractivity contribution in [2.24, 2.45) is 0 Å². The van der Waals surface area contributed by atoms with E-state index in [0.717, 1.165) is 26.9 Å². The normalized spacial score (nSPS) is 11.0. The van der Waals surface area contributed by atoms with Crippen molar-refractivity contribution in [3.8, 4) is 11.4 Å². The lowest BCUT2D eigenvalue weighted by Crippen LogP contribution is -2.06. The highest BCUT2D eigenvalue weighted by molar-refractivity contribution is 9.10. The van der Waals surface area contributed by atoms with Crippen LogP contribution in [-0.4, -0.2) is 39.9 Å². The number of methoxy groups -OCH3 is 1. The van der Waals surface area contributed by atoms with Crippen molar-refractivity contribution in [1.82, 2.24) is 20.2 Å². The first kappa shape index (κ1) is 20.4. The number of thioether (sulfide) groups is 1. The number of fused-ring (bicyclic) bond motifs is 1. The van der Waals surface area contributed by atoms with E-state index in [4.69, 9.17) is 13.9 Å². The second-order valence-corrected chi connectivity index (χ2v) is 7.99. The molecule has 0 saturated carbocycles. The molecule has 10 heteroatoms. The second kappa shape index (κ2) is 8.88. The van der Waals surface area contributed by atoms with Crippen molar-refractivity contribution < 1.29 is 18.7 Å². The minimum atomic E-state index is -0.491. The molecule has 0 aliphatic heterocycles. The summed E-state index contributed by atoms with van der Waals surface area (Å²) in [4.78, 5) is 12.4. The molecule has 0 atom stereocenters. The molecule has 2 aromatic carbocycles. The first-order valence-electron chi connectivity index (χ1n) is 9.04. The number of nitrogens with zero attached hydrogens (tertiary/aromatic N) is 4. The highest BCUT2D eigenvalue weighted by atomic mass is 79.9. The number of ether oxygens (including phenoxy) is 2. The van der Waals surface area contributed by atoms with Crippen LogP contribution in [0.3, 0.4) is 0 Å². The van der Waals surface area contributed by atoms with E-state index in [1.54, 1.807) is 18.7 Å². The van der Waals surface area contributed by atoms with Crippen LogP contribution in [0.25, 0.3) is 16.7 Å². The molecule has 0 aliphatic carbocycles. The van der Waals surface area contributed by atoms with E-state index < -0.39 is 5.97 Å². The summed E-state index contributed by atoms with van der Waals surface area (Å²) < 4.78 is 18.7. The average molecular weight is 489 g/mol. The number of rotatable bonds is 7. The Morgan fingerprint density at radius 3 is 2.77 bits per heavy atom. The molecule has 154 valence electrons. The third-order valence-electron chi connectivity index (χ3n) is 4.32. The van der Waals surface area contributed by atoms with E-state index >= 15 is 0 Å². The molecule has 0 amide bonds. The molecule has 0 radical (unpaired) electrons. The van der Waals surface area contributed by atoms with E-state index in [-0.39, 0.29) is 12.4 Å². The maximum atomic E-state index is 12.4. The predicted octanol–water partition coefficient (Wildman–Crippen LogP) is 4.65. The number of benzene rings is 2. The lowest BCUT2D eigenvalue weighted by molar-refractivity contribution is 0.0491. The largest absolute Gasteiger partial charge is 0.497 e. The molecule has 2 aromatic heterocycles. The average Bonchev–Trinajstić information content (AvgIpc) is 3.36. The van der Waals surface area contributed by atoms with Gasteiger partial charge in [0, 0.05) is 21.2 Å². The van der Waals surface area contributed by atoms with Crippen LogP contribution in [-0.2, 0) is 10.5 Å². The van der Waals surface area contributed by atoms with Crippen molar-refractivity contribution in [2.75, 3.05) is 13.7 Å². The number of hydrogen-bond acceptors (Lipinski definition) is 8. The molecule has 0 N–H and O–H groups in total. The molecule has 0 spiro atoms.